The average Bonchev–Trinajstić information content (AvgIpc) is 2.67. The molecule has 0 aromatic heterocycles. The van der Waals surface area contributed by atoms with Crippen molar-refractivity contribution in [3.05, 3.63) is 68.7 Å². The van der Waals surface area contributed by atoms with E-state index in [9.17, 15) is 4.79 Å². The lowest BCUT2D eigenvalue weighted by Crippen LogP contribution is -2.45. The van der Waals surface area contributed by atoms with Gasteiger partial charge in [0.1, 0.15) is 5.75 Å². The van der Waals surface area contributed by atoms with Gasteiger partial charge in [0, 0.05) is 10.6 Å². The summed E-state index contributed by atoms with van der Waals surface area (Å²) in [6, 6.07) is 12.4. The van der Waals surface area contributed by atoms with Crippen molar-refractivity contribution in [2.75, 3.05) is 13.7 Å². The molecule has 1 aliphatic heterocycles. The zero-order valence-corrected chi connectivity index (χ0v) is 18.4. The van der Waals surface area contributed by atoms with Crippen LogP contribution in [0, 0.1) is 0 Å². The third-order valence-corrected chi connectivity index (χ3v) is 5.21. The topological polar surface area (TPSA) is 59.6 Å². The minimum atomic E-state index is -0.604. The van der Waals surface area contributed by atoms with Gasteiger partial charge in [0.2, 0.25) is 0 Å². The van der Waals surface area contributed by atoms with Crippen LogP contribution in [0.15, 0.2) is 52.5 Å². The minimum Gasteiger partial charge on any atom is -0.495 e. The smallest absolute Gasteiger partial charge is 0.338 e. The van der Waals surface area contributed by atoms with Gasteiger partial charge in [-0.3, -0.25) is 0 Å². The minimum absolute atomic E-state index is 0.248. The van der Waals surface area contributed by atoms with Crippen LogP contribution in [0.2, 0.25) is 5.02 Å². The Kier molecular flexibility index (Phi) is 6.59. The van der Waals surface area contributed by atoms with Crippen molar-refractivity contribution in [3.63, 3.8) is 0 Å². The molecule has 0 fully saturated rings. The first-order chi connectivity index (χ1) is 13.5. The Morgan fingerprint density at radius 3 is 2.64 bits per heavy atom. The van der Waals surface area contributed by atoms with Crippen LogP contribution in [0.1, 0.15) is 24.1 Å². The number of halogens is 2. The molecular weight excluding hydrogens is 464 g/mol. The molecule has 0 radical (unpaired) electrons. The molecule has 0 bridgehead atoms. The van der Waals surface area contributed by atoms with E-state index >= 15 is 0 Å². The van der Waals surface area contributed by atoms with E-state index in [0.717, 1.165) is 5.56 Å². The van der Waals surface area contributed by atoms with Gasteiger partial charge in [-0.05, 0) is 52.8 Å². The van der Waals surface area contributed by atoms with E-state index in [1.54, 1.807) is 26.2 Å². The zero-order chi connectivity index (χ0) is 20.3. The number of methoxy groups -OCH3 is 1. The average molecular weight is 482 g/mol. The molecule has 2 aromatic carbocycles. The summed E-state index contributed by atoms with van der Waals surface area (Å²) in [6.45, 7) is 2.01. The molecule has 0 saturated carbocycles. The Hall–Kier alpha value is -2.09. The number of rotatable bonds is 5. The van der Waals surface area contributed by atoms with E-state index in [2.05, 4.69) is 26.6 Å². The molecule has 146 valence electrons. The molecule has 2 aromatic rings. The van der Waals surface area contributed by atoms with Crippen LogP contribution in [0.25, 0.3) is 5.70 Å². The second-order valence-corrected chi connectivity index (χ2v) is 7.62. The monoisotopic (exact) mass is 480 g/mol. The van der Waals surface area contributed by atoms with Crippen molar-refractivity contribution in [2.24, 2.45) is 0 Å². The van der Waals surface area contributed by atoms with E-state index in [0.29, 0.717) is 37.2 Å². The van der Waals surface area contributed by atoms with Crippen molar-refractivity contribution < 1.29 is 14.3 Å². The number of hydrogen-bond donors (Lipinski definition) is 2. The van der Waals surface area contributed by atoms with Crippen LogP contribution in [0.3, 0.4) is 0 Å². The number of ether oxygens (including phenoxy) is 2. The lowest BCUT2D eigenvalue weighted by molar-refractivity contribution is -0.138. The number of esters is 1. The maximum atomic E-state index is 13.0. The third-order valence-electron chi connectivity index (χ3n) is 4.18. The zero-order valence-electron chi connectivity index (χ0n) is 15.2. The van der Waals surface area contributed by atoms with Gasteiger partial charge in [0.15, 0.2) is 5.11 Å². The van der Waals surface area contributed by atoms with Crippen molar-refractivity contribution in [3.8, 4) is 5.75 Å². The van der Waals surface area contributed by atoms with Crippen LogP contribution < -0.4 is 15.4 Å². The Bertz CT molecular complexity index is 950. The van der Waals surface area contributed by atoms with Crippen LogP contribution in [-0.2, 0) is 9.53 Å². The second-order valence-electron chi connectivity index (χ2n) is 5.92. The molecule has 3 rings (SSSR count). The number of carbonyl (C=O) groups is 1. The Morgan fingerprint density at radius 2 is 2.00 bits per heavy atom. The predicted octanol–water partition coefficient (Wildman–Crippen LogP) is 4.60. The summed E-state index contributed by atoms with van der Waals surface area (Å²) >= 11 is 15.2. The molecule has 0 saturated heterocycles. The summed E-state index contributed by atoms with van der Waals surface area (Å²) in [4.78, 5) is 13.0. The van der Waals surface area contributed by atoms with Crippen LogP contribution in [0.5, 0.6) is 5.75 Å². The Balaban J connectivity index is 2.27. The van der Waals surface area contributed by atoms with Crippen LogP contribution >= 0.6 is 39.7 Å². The maximum Gasteiger partial charge on any atom is 0.338 e. The van der Waals surface area contributed by atoms with Gasteiger partial charge in [-0.1, -0.05) is 41.9 Å². The standard InChI is InChI=1S/C20H18BrClN2O3S/c1-3-27-19(25)15-16(11-7-5-4-6-8-11)23-20(28)24-17(15)13-9-12(22)10-14(21)18(13)26-2/h4-10,17H,3H2,1-2H3,(H2,23,24,28)/t17-/m1/s1. The van der Waals surface area contributed by atoms with Gasteiger partial charge in [0.05, 0.1) is 35.5 Å². The molecule has 0 amide bonds. The first-order valence-corrected chi connectivity index (χ1v) is 10.1. The molecule has 0 aliphatic carbocycles. The summed E-state index contributed by atoms with van der Waals surface area (Å²) in [7, 11) is 1.56. The van der Waals surface area contributed by atoms with Crippen molar-refractivity contribution >= 4 is 56.5 Å². The SMILES string of the molecule is CCOC(=O)C1=C(c2ccccc2)NC(=S)N[C@@H]1c1cc(Cl)cc(Br)c1OC. The highest BCUT2D eigenvalue weighted by atomic mass is 79.9. The Labute approximate surface area is 182 Å². The van der Waals surface area contributed by atoms with E-state index in [4.69, 9.17) is 33.3 Å². The lowest BCUT2D eigenvalue weighted by atomic mass is 9.92. The van der Waals surface area contributed by atoms with Gasteiger partial charge in [-0.25, -0.2) is 4.79 Å². The summed E-state index contributed by atoms with van der Waals surface area (Å²) in [5.41, 5.74) is 2.47. The van der Waals surface area contributed by atoms with Crippen molar-refractivity contribution in [1.82, 2.24) is 10.6 Å². The third kappa shape index (κ3) is 4.16. The van der Waals surface area contributed by atoms with Gasteiger partial charge >= 0.3 is 5.97 Å². The molecule has 1 atom stereocenters. The summed E-state index contributed by atoms with van der Waals surface area (Å²) in [6.07, 6.45) is 0. The van der Waals surface area contributed by atoms with E-state index in [1.165, 1.54) is 0 Å². The summed E-state index contributed by atoms with van der Waals surface area (Å²) in [5.74, 6) is 0.104. The van der Waals surface area contributed by atoms with Gasteiger partial charge in [-0.2, -0.15) is 0 Å². The van der Waals surface area contributed by atoms with E-state index in [-0.39, 0.29) is 6.61 Å². The van der Waals surface area contributed by atoms with Gasteiger partial charge < -0.3 is 20.1 Å². The normalized spacial score (nSPS) is 16.3. The van der Waals surface area contributed by atoms with Crippen molar-refractivity contribution in [1.29, 1.82) is 0 Å². The first kappa shape index (κ1) is 20.6. The van der Waals surface area contributed by atoms with Crippen LogP contribution in [-0.4, -0.2) is 24.8 Å². The molecule has 0 spiro atoms. The van der Waals surface area contributed by atoms with Gasteiger partial charge in [-0.15, -0.1) is 0 Å². The number of hydrogen-bond acceptors (Lipinski definition) is 4. The first-order valence-electron chi connectivity index (χ1n) is 8.53. The number of benzene rings is 2. The predicted molar refractivity (Wildman–Crippen MR) is 117 cm³/mol. The largest absolute Gasteiger partial charge is 0.495 e. The highest BCUT2D eigenvalue weighted by molar-refractivity contribution is 9.10. The van der Waals surface area contributed by atoms with Crippen molar-refractivity contribution in [2.45, 2.75) is 13.0 Å². The number of carbonyl (C=O) groups excluding carboxylic acids is 1. The quantitative estimate of drug-likeness (QED) is 0.481. The molecule has 5 nitrogen and oxygen atoms in total. The molecular formula is C20H18BrClN2O3S. The summed E-state index contributed by atoms with van der Waals surface area (Å²) in [5, 5.41) is 7.14. The lowest BCUT2D eigenvalue weighted by Gasteiger charge is -2.32. The molecule has 8 heteroatoms. The highest BCUT2D eigenvalue weighted by Gasteiger charge is 2.35. The fourth-order valence-electron chi connectivity index (χ4n) is 3.07. The molecule has 2 N–H and O–H groups in total. The van der Waals surface area contributed by atoms with E-state index < -0.39 is 12.0 Å². The fraction of sp³-hybridized carbons (Fsp3) is 0.200. The number of thiocarbonyl (C=S) groups is 1. The van der Waals surface area contributed by atoms with Gasteiger partial charge in [0.25, 0.3) is 0 Å². The molecule has 28 heavy (non-hydrogen) atoms. The second kappa shape index (κ2) is 8.94. The van der Waals surface area contributed by atoms with E-state index in [1.807, 2.05) is 30.3 Å². The maximum absolute atomic E-state index is 13.0. The fourth-order valence-corrected chi connectivity index (χ4v) is 4.28. The highest BCUT2D eigenvalue weighted by Crippen LogP contribution is 2.41. The summed E-state index contributed by atoms with van der Waals surface area (Å²) < 4.78 is 11.6. The van der Waals surface area contributed by atoms with Crippen LogP contribution in [0.4, 0.5) is 0 Å². The molecule has 1 heterocycles. The molecule has 0 unspecified atom stereocenters. The Morgan fingerprint density at radius 1 is 1.29 bits per heavy atom. The number of nitrogens with one attached hydrogen (secondary N) is 2. The molecule has 1 aliphatic rings.